The summed E-state index contributed by atoms with van der Waals surface area (Å²) in [5, 5.41) is 14.5. The summed E-state index contributed by atoms with van der Waals surface area (Å²) in [6, 6.07) is 5.21. The minimum atomic E-state index is -0.780. The summed E-state index contributed by atoms with van der Waals surface area (Å²) in [5.41, 5.74) is 1.87. The van der Waals surface area contributed by atoms with Crippen LogP contribution >= 0.6 is 0 Å². The van der Waals surface area contributed by atoms with Crippen molar-refractivity contribution in [3.8, 4) is 0 Å². The lowest BCUT2D eigenvalue weighted by Crippen LogP contribution is -2.30. The summed E-state index contributed by atoms with van der Waals surface area (Å²) in [4.78, 5) is 35.1. The van der Waals surface area contributed by atoms with Gasteiger partial charge in [0.1, 0.15) is 0 Å². The third kappa shape index (κ3) is 3.88. The Morgan fingerprint density at radius 2 is 1.70 bits per heavy atom. The van der Waals surface area contributed by atoms with E-state index in [1.54, 1.807) is 32.2 Å². The number of amides is 2. The molecule has 0 unspecified atom stereocenters. The Morgan fingerprint density at radius 3 is 2.26 bits per heavy atom. The van der Waals surface area contributed by atoms with E-state index in [0.29, 0.717) is 36.9 Å². The Morgan fingerprint density at radius 1 is 1.09 bits per heavy atom. The smallest absolute Gasteiger partial charge is 0.306 e. The Kier molecular flexibility index (Phi) is 5.36. The van der Waals surface area contributed by atoms with Gasteiger partial charge in [-0.2, -0.15) is 0 Å². The van der Waals surface area contributed by atoms with Gasteiger partial charge in [0.05, 0.1) is 5.92 Å². The largest absolute Gasteiger partial charge is 0.481 e. The molecule has 0 aromatic heterocycles. The van der Waals surface area contributed by atoms with E-state index in [1.165, 1.54) is 0 Å². The first kappa shape index (κ1) is 17.0. The van der Waals surface area contributed by atoms with Crippen LogP contribution in [-0.2, 0) is 9.59 Å². The van der Waals surface area contributed by atoms with Crippen LogP contribution < -0.4 is 10.6 Å². The first-order valence-corrected chi connectivity index (χ1v) is 7.79. The highest BCUT2D eigenvalue weighted by atomic mass is 16.4. The fraction of sp³-hybridized carbons (Fsp3) is 0.471. The second-order valence-corrected chi connectivity index (χ2v) is 5.93. The Hall–Kier alpha value is -2.37. The molecule has 2 amide bonds. The molecular formula is C17H22N2O4. The number of hydrogen-bond donors (Lipinski definition) is 3. The van der Waals surface area contributed by atoms with Gasteiger partial charge < -0.3 is 15.7 Å². The van der Waals surface area contributed by atoms with Gasteiger partial charge in [0.15, 0.2) is 0 Å². The molecule has 0 saturated heterocycles. The number of carboxylic acids is 1. The second kappa shape index (κ2) is 7.26. The molecule has 1 aromatic carbocycles. The van der Waals surface area contributed by atoms with Crippen LogP contribution in [0.1, 0.15) is 41.6 Å². The van der Waals surface area contributed by atoms with Gasteiger partial charge in [-0.25, -0.2) is 0 Å². The molecule has 6 heteroatoms. The lowest BCUT2D eigenvalue weighted by atomic mass is 9.81. The Labute approximate surface area is 135 Å². The van der Waals surface area contributed by atoms with Crippen molar-refractivity contribution in [3.05, 3.63) is 29.3 Å². The molecule has 0 spiro atoms. The van der Waals surface area contributed by atoms with Gasteiger partial charge in [-0.1, -0.05) is 6.07 Å². The molecule has 0 aliphatic heterocycles. The topological polar surface area (TPSA) is 95.5 Å². The summed E-state index contributed by atoms with van der Waals surface area (Å²) in [6.07, 6.45) is 2.23. The predicted molar refractivity (Wildman–Crippen MR) is 86.3 cm³/mol. The third-order valence-electron chi connectivity index (χ3n) is 4.51. The number of aliphatic carboxylic acids is 1. The maximum absolute atomic E-state index is 12.4. The lowest BCUT2D eigenvalue weighted by molar-refractivity contribution is -0.143. The Bertz CT molecular complexity index is 619. The Balaban J connectivity index is 2.04. The number of rotatable bonds is 4. The average Bonchev–Trinajstić information content (AvgIpc) is 2.56. The average molecular weight is 318 g/mol. The highest BCUT2D eigenvalue weighted by molar-refractivity contribution is 5.99. The number of carbonyl (C=O) groups excluding carboxylic acids is 2. The summed E-state index contributed by atoms with van der Waals surface area (Å²) in [6.45, 7) is 1.79. The molecule has 1 saturated carbocycles. The van der Waals surface area contributed by atoms with Crippen LogP contribution in [0.25, 0.3) is 0 Å². The van der Waals surface area contributed by atoms with Crippen molar-refractivity contribution in [2.45, 2.75) is 32.6 Å². The summed E-state index contributed by atoms with van der Waals surface area (Å²) in [7, 11) is 1.56. The molecule has 6 nitrogen and oxygen atoms in total. The monoisotopic (exact) mass is 318 g/mol. The normalized spacial score (nSPS) is 20.6. The SMILES string of the molecule is CNC(=O)c1cccc(NC(=O)C2CCC(C(=O)O)CC2)c1C. The van der Waals surface area contributed by atoms with Crippen molar-refractivity contribution < 1.29 is 19.5 Å². The number of hydrogen-bond acceptors (Lipinski definition) is 3. The number of nitrogens with one attached hydrogen (secondary N) is 2. The van der Waals surface area contributed by atoms with Gasteiger partial charge in [0.25, 0.3) is 5.91 Å². The van der Waals surface area contributed by atoms with Crippen molar-refractivity contribution in [1.29, 1.82) is 0 Å². The summed E-state index contributed by atoms with van der Waals surface area (Å²) >= 11 is 0. The van der Waals surface area contributed by atoms with Crippen LogP contribution in [0.2, 0.25) is 0 Å². The van der Waals surface area contributed by atoms with E-state index in [9.17, 15) is 14.4 Å². The molecule has 23 heavy (non-hydrogen) atoms. The molecule has 2 rings (SSSR count). The molecule has 0 atom stereocenters. The van der Waals surface area contributed by atoms with Gasteiger partial charge in [-0.05, 0) is 50.3 Å². The van der Waals surface area contributed by atoms with Crippen LogP contribution in [0, 0.1) is 18.8 Å². The van der Waals surface area contributed by atoms with Crippen molar-refractivity contribution in [3.63, 3.8) is 0 Å². The van der Waals surface area contributed by atoms with Gasteiger partial charge in [-0.15, -0.1) is 0 Å². The van der Waals surface area contributed by atoms with E-state index in [1.807, 2.05) is 0 Å². The molecule has 1 aliphatic carbocycles. The van der Waals surface area contributed by atoms with Crippen molar-refractivity contribution in [2.75, 3.05) is 12.4 Å². The van der Waals surface area contributed by atoms with Crippen molar-refractivity contribution >= 4 is 23.5 Å². The molecule has 0 radical (unpaired) electrons. The maximum atomic E-state index is 12.4. The molecule has 1 aromatic rings. The number of carbonyl (C=O) groups is 3. The van der Waals surface area contributed by atoms with E-state index >= 15 is 0 Å². The maximum Gasteiger partial charge on any atom is 0.306 e. The van der Waals surface area contributed by atoms with E-state index in [2.05, 4.69) is 10.6 Å². The lowest BCUT2D eigenvalue weighted by Gasteiger charge is -2.25. The van der Waals surface area contributed by atoms with Crippen LogP contribution in [-0.4, -0.2) is 29.9 Å². The first-order chi connectivity index (χ1) is 10.9. The van der Waals surface area contributed by atoms with E-state index in [0.717, 1.165) is 5.56 Å². The predicted octanol–water partition coefficient (Wildman–Crippen LogP) is 2.18. The quantitative estimate of drug-likeness (QED) is 0.793. The third-order valence-corrected chi connectivity index (χ3v) is 4.51. The first-order valence-electron chi connectivity index (χ1n) is 7.79. The highest BCUT2D eigenvalue weighted by Crippen LogP contribution is 2.30. The van der Waals surface area contributed by atoms with Gasteiger partial charge in [-0.3, -0.25) is 14.4 Å². The van der Waals surface area contributed by atoms with Gasteiger partial charge in [0.2, 0.25) is 5.91 Å². The molecule has 124 valence electrons. The molecular weight excluding hydrogens is 296 g/mol. The van der Waals surface area contributed by atoms with Crippen LogP contribution in [0.5, 0.6) is 0 Å². The van der Waals surface area contributed by atoms with Gasteiger partial charge in [0, 0.05) is 24.2 Å². The van der Waals surface area contributed by atoms with Crippen LogP contribution in [0.3, 0.4) is 0 Å². The van der Waals surface area contributed by atoms with E-state index in [-0.39, 0.29) is 23.7 Å². The highest BCUT2D eigenvalue weighted by Gasteiger charge is 2.30. The molecule has 0 heterocycles. The minimum Gasteiger partial charge on any atom is -0.481 e. The fourth-order valence-electron chi connectivity index (χ4n) is 2.99. The standard InChI is InChI=1S/C17H22N2O4/c1-10-13(16(21)18-2)4-3-5-14(10)19-15(20)11-6-8-12(9-7-11)17(22)23/h3-5,11-12H,6-9H2,1-2H3,(H,18,21)(H,19,20)(H,22,23). The van der Waals surface area contributed by atoms with Gasteiger partial charge >= 0.3 is 5.97 Å². The van der Waals surface area contributed by atoms with Crippen molar-refractivity contribution in [2.24, 2.45) is 11.8 Å². The minimum absolute atomic E-state index is 0.106. The van der Waals surface area contributed by atoms with E-state index in [4.69, 9.17) is 5.11 Å². The zero-order valence-corrected chi connectivity index (χ0v) is 13.4. The van der Waals surface area contributed by atoms with Crippen molar-refractivity contribution in [1.82, 2.24) is 5.32 Å². The van der Waals surface area contributed by atoms with E-state index < -0.39 is 5.97 Å². The molecule has 3 N–H and O–H groups in total. The summed E-state index contributed by atoms with van der Waals surface area (Å²) in [5.74, 6) is -1.59. The molecule has 1 aliphatic rings. The number of benzene rings is 1. The number of anilines is 1. The second-order valence-electron chi connectivity index (χ2n) is 5.93. The fourth-order valence-corrected chi connectivity index (χ4v) is 2.99. The zero-order chi connectivity index (χ0) is 17.0. The number of carboxylic acid groups (broad SMARTS) is 1. The zero-order valence-electron chi connectivity index (χ0n) is 13.4. The molecule has 0 bridgehead atoms. The van der Waals surface area contributed by atoms with Crippen LogP contribution in [0.4, 0.5) is 5.69 Å². The molecule has 1 fully saturated rings. The van der Waals surface area contributed by atoms with Crippen LogP contribution in [0.15, 0.2) is 18.2 Å². The summed E-state index contributed by atoms with van der Waals surface area (Å²) < 4.78 is 0.